The summed E-state index contributed by atoms with van der Waals surface area (Å²) < 4.78 is 2.59. The van der Waals surface area contributed by atoms with E-state index in [4.69, 9.17) is 5.11 Å². The second-order valence-corrected chi connectivity index (χ2v) is 4.13. The largest absolute Gasteiger partial charge is 0.392 e. The van der Waals surface area contributed by atoms with Crippen molar-refractivity contribution in [3.05, 3.63) is 22.4 Å². The number of hydrogen-bond donors (Lipinski definition) is 2. The van der Waals surface area contributed by atoms with Crippen LogP contribution in [0.4, 0.5) is 0 Å². The maximum Gasteiger partial charge on any atom is 0.268 e. The number of hydrogen-bond acceptors (Lipinski definition) is 2. The van der Waals surface area contributed by atoms with Crippen molar-refractivity contribution in [1.29, 1.82) is 0 Å². The van der Waals surface area contributed by atoms with Gasteiger partial charge in [-0.3, -0.25) is 4.79 Å². The van der Waals surface area contributed by atoms with Crippen molar-refractivity contribution in [1.82, 2.24) is 9.88 Å². The molecule has 0 aromatic carbocycles. The van der Waals surface area contributed by atoms with Gasteiger partial charge in [-0.2, -0.15) is 0 Å². The van der Waals surface area contributed by atoms with Crippen LogP contribution >= 0.6 is 15.9 Å². The van der Waals surface area contributed by atoms with Gasteiger partial charge in [-0.25, -0.2) is 0 Å². The van der Waals surface area contributed by atoms with Gasteiger partial charge in [0.2, 0.25) is 0 Å². The summed E-state index contributed by atoms with van der Waals surface area (Å²) in [5.74, 6) is -0.181. The fourth-order valence-corrected chi connectivity index (χ4v) is 1.60. The van der Waals surface area contributed by atoms with Gasteiger partial charge < -0.3 is 15.0 Å². The number of aliphatic hydroxyl groups excluding tert-OH is 1. The number of amides is 1. The lowest BCUT2D eigenvalue weighted by Crippen LogP contribution is -2.31. The van der Waals surface area contributed by atoms with Gasteiger partial charge in [0.1, 0.15) is 5.69 Å². The predicted molar refractivity (Wildman–Crippen MR) is 57.1 cm³/mol. The van der Waals surface area contributed by atoms with Crippen LogP contribution in [0.1, 0.15) is 17.4 Å². The van der Waals surface area contributed by atoms with Crippen molar-refractivity contribution in [3.63, 3.8) is 0 Å². The van der Waals surface area contributed by atoms with E-state index >= 15 is 0 Å². The van der Waals surface area contributed by atoms with Gasteiger partial charge in [0, 0.05) is 24.3 Å². The number of rotatable bonds is 3. The molecule has 0 bridgehead atoms. The Hall–Kier alpha value is -0.810. The molecule has 1 aromatic heterocycles. The van der Waals surface area contributed by atoms with Crippen molar-refractivity contribution in [2.75, 3.05) is 6.54 Å². The number of aromatic nitrogens is 1. The van der Waals surface area contributed by atoms with E-state index < -0.39 is 6.10 Å². The lowest BCUT2D eigenvalue weighted by atomic mass is 10.3. The van der Waals surface area contributed by atoms with E-state index in [-0.39, 0.29) is 12.5 Å². The van der Waals surface area contributed by atoms with Crippen LogP contribution in [0, 0.1) is 0 Å². The Morgan fingerprint density at radius 3 is 2.86 bits per heavy atom. The zero-order chi connectivity index (χ0) is 10.7. The van der Waals surface area contributed by atoms with Crippen LogP contribution in [-0.2, 0) is 7.05 Å². The van der Waals surface area contributed by atoms with Crippen molar-refractivity contribution in [2.24, 2.45) is 7.05 Å². The summed E-state index contributed by atoms with van der Waals surface area (Å²) in [4.78, 5) is 11.5. The van der Waals surface area contributed by atoms with Crippen LogP contribution in [0.2, 0.25) is 0 Å². The monoisotopic (exact) mass is 260 g/mol. The molecule has 0 fully saturated rings. The van der Waals surface area contributed by atoms with Gasteiger partial charge >= 0.3 is 0 Å². The maximum atomic E-state index is 11.5. The Bertz CT molecular complexity index is 334. The number of aryl methyl sites for hydroxylation is 1. The topological polar surface area (TPSA) is 54.3 Å². The first kappa shape index (κ1) is 11.3. The molecule has 0 aliphatic heterocycles. The van der Waals surface area contributed by atoms with E-state index in [1.54, 1.807) is 30.8 Å². The number of carbonyl (C=O) groups is 1. The van der Waals surface area contributed by atoms with Crippen LogP contribution < -0.4 is 5.32 Å². The molecule has 0 aliphatic carbocycles. The van der Waals surface area contributed by atoms with Crippen LogP contribution in [-0.4, -0.2) is 28.2 Å². The van der Waals surface area contributed by atoms with Crippen LogP contribution in [0.25, 0.3) is 0 Å². The Labute approximate surface area is 91.0 Å². The SMILES string of the molecule is C[C@H](O)CNC(=O)c1cc(Br)cn1C. The molecule has 1 atom stereocenters. The summed E-state index contributed by atoms with van der Waals surface area (Å²) in [6, 6.07) is 1.73. The number of carbonyl (C=O) groups excluding carboxylic acids is 1. The fraction of sp³-hybridized carbons (Fsp3) is 0.444. The van der Waals surface area contributed by atoms with Crippen molar-refractivity contribution < 1.29 is 9.90 Å². The summed E-state index contributed by atoms with van der Waals surface area (Å²) in [5, 5.41) is 11.6. The molecule has 78 valence electrons. The van der Waals surface area contributed by atoms with Crippen LogP contribution in [0.3, 0.4) is 0 Å². The lowest BCUT2D eigenvalue weighted by Gasteiger charge is -2.07. The quantitative estimate of drug-likeness (QED) is 0.849. The molecule has 4 nitrogen and oxygen atoms in total. The van der Waals surface area contributed by atoms with E-state index in [9.17, 15) is 4.79 Å². The van der Waals surface area contributed by atoms with Gasteiger partial charge in [-0.15, -0.1) is 0 Å². The van der Waals surface area contributed by atoms with Gasteiger partial charge in [-0.1, -0.05) is 0 Å². The van der Waals surface area contributed by atoms with Crippen LogP contribution in [0.15, 0.2) is 16.7 Å². The second-order valence-electron chi connectivity index (χ2n) is 3.21. The average molecular weight is 261 g/mol. The highest BCUT2D eigenvalue weighted by atomic mass is 79.9. The number of nitrogens with one attached hydrogen (secondary N) is 1. The third-order valence-corrected chi connectivity index (χ3v) is 2.20. The molecule has 0 aliphatic rings. The first-order valence-corrected chi connectivity index (χ1v) is 5.08. The molecule has 1 amide bonds. The van der Waals surface area contributed by atoms with Gasteiger partial charge in [-0.05, 0) is 28.9 Å². The van der Waals surface area contributed by atoms with Gasteiger partial charge in [0.15, 0.2) is 0 Å². The molecule has 0 saturated heterocycles. The maximum absolute atomic E-state index is 11.5. The normalized spacial score (nSPS) is 12.6. The molecule has 0 radical (unpaired) electrons. The standard InChI is InChI=1S/C9H13BrN2O2/c1-6(13)4-11-9(14)8-3-7(10)5-12(8)2/h3,5-6,13H,4H2,1-2H3,(H,11,14)/t6-/m0/s1. The van der Waals surface area contributed by atoms with Gasteiger partial charge in [0.25, 0.3) is 5.91 Å². The van der Waals surface area contributed by atoms with Gasteiger partial charge in [0.05, 0.1) is 6.10 Å². The molecule has 2 N–H and O–H groups in total. The van der Waals surface area contributed by atoms with E-state index in [0.29, 0.717) is 5.69 Å². The zero-order valence-corrected chi connectivity index (χ0v) is 9.71. The molecule has 0 unspecified atom stereocenters. The second kappa shape index (κ2) is 4.61. The number of aliphatic hydroxyl groups is 1. The number of nitrogens with zero attached hydrogens (tertiary/aromatic N) is 1. The fourth-order valence-electron chi connectivity index (χ4n) is 1.08. The molecular formula is C9H13BrN2O2. The van der Waals surface area contributed by atoms with E-state index in [2.05, 4.69) is 21.2 Å². The van der Waals surface area contributed by atoms with Crippen molar-refractivity contribution in [2.45, 2.75) is 13.0 Å². The highest BCUT2D eigenvalue weighted by molar-refractivity contribution is 9.10. The zero-order valence-electron chi connectivity index (χ0n) is 8.12. The van der Waals surface area contributed by atoms with E-state index in [1.807, 2.05) is 0 Å². The summed E-state index contributed by atoms with van der Waals surface area (Å²) in [5.41, 5.74) is 0.567. The highest BCUT2D eigenvalue weighted by Crippen LogP contribution is 2.13. The third kappa shape index (κ3) is 2.85. The van der Waals surface area contributed by atoms with E-state index in [0.717, 1.165) is 4.47 Å². The molecule has 1 aromatic rings. The third-order valence-electron chi connectivity index (χ3n) is 1.76. The summed E-state index contributed by atoms with van der Waals surface area (Å²) in [6.45, 7) is 1.89. The average Bonchev–Trinajstić information content (AvgIpc) is 2.41. The van der Waals surface area contributed by atoms with Crippen molar-refractivity contribution in [3.8, 4) is 0 Å². The smallest absolute Gasteiger partial charge is 0.268 e. The summed E-state index contributed by atoms with van der Waals surface area (Å²) in [7, 11) is 1.79. The minimum atomic E-state index is -0.525. The minimum Gasteiger partial charge on any atom is -0.392 e. The first-order chi connectivity index (χ1) is 6.50. The van der Waals surface area contributed by atoms with Crippen LogP contribution in [0.5, 0.6) is 0 Å². The molecule has 5 heteroatoms. The molecule has 1 heterocycles. The lowest BCUT2D eigenvalue weighted by molar-refractivity contribution is 0.0916. The first-order valence-electron chi connectivity index (χ1n) is 4.29. The summed E-state index contributed by atoms with van der Waals surface area (Å²) in [6.07, 6.45) is 1.28. The molecule has 0 saturated carbocycles. The Kier molecular flexibility index (Phi) is 3.71. The Morgan fingerprint density at radius 2 is 2.43 bits per heavy atom. The molecule has 0 spiro atoms. The summed E-state index contributed by atoms with van der Waals surface area (Å²) >= 11 is 3.28. The molecule has 1 rings (SSSR count). The minimum absolute atomic E-state index is 0.181. The van der Waals surface area contributed by atoms with E-state index in [1.165, 1.54) is 0 Å². The highest BCUT2D eigenvalue weighted by Gasteiger charge is 2.10. The predicted octanol–water partition coefficient (Wildman–Crippen LogP) is 0.898. The number of halogens is 1. The Morgan fingerprint density at radius 1 is 1.79 bits per heavy atom. The molecular weight excluding hydrogens is 248 g/mol. The molecule has 14 heavy (non-hydrogen) atoms. The van der Waals surface area contributed by atoms with Crippen molar-refractivity contribution >= 4 is 21.8 Å². The Balaban J connectivity index is 2.65.